The van der Waals surface area contributed by atoms with E-state index in [1.165, 1.54) is 5.56 Å². The van der Waals surface area contributed by atoms with Gasteiger partial charge in [0.2, 0.25) is 0 Å². The molecule has 0 fully saturated rings. The highest BCUT2D eigenvalue weighted by Gasteiger charge is 2.08. The fourth-order valence-electron chi connectivity index (χ4n) is 1.71. The fourth-order valence-corrected chi connectivity index (χ4v) is 2.17. The second kappa shape index (κ2) is 4.71. The predicted octanol–water partition coefficient (Wildman–Crippen LogP) is 4.43. The first kappa shape index (κ1) is 11.2. The molecule has 0 N–H and O–H groups in total. The third-order valence-electron chi connectivity index (χ3n) is 2.52. The number of aryl methyl sites for hydroxylation is 1. The molecule has 0 saturated carbocycles. The Hall–Kier alpha value is -1.28. The number of para-hydroxylation sites is 1. The van der Waals surface area contributed by atoms with Crippen LogP contribution >= 0.6 is 15.9 Å². The van der Waals surface area contributed by atoms with Crippen LogP contribution in [0.4, 0.5) is 0 Å². The fraction of sp³-hybridized carbons (Fsp3) is 0.143. The molecule has 16 heavy (non-hydrogen) atoms. The van der Waals surface area contributed by atoms with E-state index < -0.39 is 0 Å². The molecule has 0 saturated heterocycles. The molecule has 82 valence electrons. The van der Waals surface area contributed by atoms with Crippen LogP contribution in [0.2, 0.25) is 0 Å². The van der Waals surface area contributed by atoms with E-state index in [1.807, 2.05) is 18.2 Å². The maximum Gasteiger partial charge on any atom is 0.126 e. The molecule has 2 aromatic carbocycles. The Morgan fingerprint density at radius 2 is 1.75 bits per heavy atom. The van der Waals surface area contributed by atoms with Gasteiger partial charge in [-0.3, -0.25) is 0 Å². The molecule has 0 aliphatic heterocycles. The lowest BCUT2D eigenvalue weighted by molar-refractivity contribution is 0.416. The van der Waals surface area contributed by atoms with Gasteiger partial charge in [-0.25, -0.2) is 0 Å². The molecule has 0 aliphatic carbocycles. The maximum absolute atomic E-state index is 5.37. The SMILES string of the molecule is COc1ccccc1-c1cc(C)ccc1Br. The summed E-state index contributed by atoms with van der Waals surface area (Å²) in [6.45, 7) is 2.09. The molecule has 0 aromatic heterocycles. The highest BCUT2D eigenvalue weighted by atomic mass is 79.9. The van der Waals surface area contributed by atoms with Gasteiger partial charge in [0.15, 0.2) is 0 Å². The summed E-state index contributed by atoms with van der Waals surface area (Å²) in [6, 6.07) is 14.4. The zero-order valence-electron chi connectivity index (χ0n) is 9.33. The van der Waals surface area contributed by atoms with Crippen LogP contribution in [0, 0.1) is 6.92 Å². The van der Waals surface area contributed by atoms with Gasteiger partial charge in [-0.1, -0.05) is 51.8 Å². The van der Waals surface area contributed by atoms with Gasteiger partial charge in [0.25, 0.3) is 0 Å². The van der Waals surface area contributed by atoms with Crippen molar-refractivity contribution in [2.24, 2.45) is 0 Å². The van der Waals surface area contributed by atoms with Crippen LogP contribution in [-0.4, -0.2) is 7.11 Å². The molecule has 0 unspecified atom stereocenters. The summed E-state index contributed by atoms with van der Waals surface area (Å²) in [7, 11) is 1.70. The summed E-state index contributed by atoms with van der Waals surface area (Å²) in [6.07, 6.45) is 0. The highest BCUT2D eigenvalue weighted by Crippen LogP contribution is 2.35. The summed E-state index contributed by atoms with van der Waals surface area (Å²) >= 11 is 3.57. The van der Waals surface area contributed by atoms with E-state index >= 15 is 0 Å². The monoisotopic (exact) mass is 276 g/mol. The number of rotatable bonds is 2. The van der Waals surface area contributed by atoms with E-state index in [0.717, 1.165) is 21.3 Å². The van der Waals surface area contributed by atoms with Crippen molar-refractivity contribution in [3.05, 3.63) is 52.5 Å². The summed E-state index contributed by atoms with van der Waals surface area (Å²) in [4.78, 5) is 0. The first-order valence-electron chi connectivity index (χ1n) is 5.12. The highest BCUT2D eigenvalue weighted by molar-refractivity contribution is 9.10. The van der Waals surface area contributed by atoms with Gasteiger partial charge in [0, 0.05) is 10.0 Å². The number of methoxy groups -OCH3 is 1. The normalized spacial score (nSPS) is 10.2. The molecular formula is C14H13BrO. The molecule has 0 amide bonds. The second-order valence-electron chi connectivity index (χ2n) is 3.68. The van der Waals surface area contributed by atoms with Crippen LogP contribution in [0.5, 0.6) is 5.75 Å². The topological polar surface area (TPSA) is 9.23 Å². The predicted molar refractivity (Wildman–Crippen MR) is 70.9 cm³/mol. The number of halogens is 1. The standard InChI is InChI=1S/C14H13BrO/c1-10-7-8-13(15)12(9-10)11-5-3-4-6-14(11)16-2/h3-9H,1-2H3. The Bertz CT molecular complexity index is 506. The van der Waals surface area contributed by atoms with Crippen molar-refractivity contribution in [1.82, 2.24) is 0 Å². The lowest BCUT2D eigenvalue weighted by Gasteiger charge is -2.10. The number of benzene rings is 2. The van der Waals surface area contributed by atoms with Crippen molar-refractivity contribution in [2.75, 3.05) is 7.11 Å². The summed E-state index contributed by atoms with van der Waals surface area (Å²) in [5.41, 5.74) is 3.52. The molecule has 2 heteroatoms. The Morgan fingerprint density at radius 1 is 1.00 bits per heavy atom. The molecule has 0 atom stereocenters. The van der Waals surface area contributed by atoms with Crippen molar-refractivity contribution >= 4 is 15.9 Å². The molecule has 0 heterocycles. The molecule has 0 spiro atoms. The minimum absolute atomic E-state index is 0.897. The van der Waals surface area contributed by atoms with Gasteiger partial charge in [-0.2, -0.15) is 0 Å². The zero-order valence-corrected chi connectivity index (χ0v) is 10.9. The summed E-state index contributed by atoms with van der Waals surface area (Å²) < 4.78 is 6.46. The van der Waals surface area contributed by atoms with Gasteiger partial charge in [-0.05, 0) is 24.6 Å². The van der Waals surface area contributed by atoms with Crippen molar-refractivity contribution in [1.29, 1.82) is 0 Å². The summed E-state index contributed by atoms with van der Waals surface area (Å²) in [5.74, 6) is 0.897. The van der Waals surface area contributed by atoms with Crippen molar-refractivity contribution in [2.45, 2.75) is 6.92 Å². The number of ether oxygens (including phenoxy) is 1. The third-order valence-corrected chi connectivity index (χ3v) is 3.21. The average molecular weight is 277 g/mol. The molecule has 0 aliphatic rings. The Morgan fingerprint density at radius 3 is 2.50 bits per heavy atom. The molecule has 2 aromatic rings. The molecular weight excluding hydrogens is 264 g/mol. The quantitative estimate of drug-likeness (QED) is 0.788. The van der Waals surface area contributed by atoms with Gasteiger partial charge in [0.05, 0.1) is 7.11 Å². The molecule has 2 rings (SSSR count). The van der Waals surface area contributed by atoms with E-state index in [9.17, 15) is 0 Å². The Kier molecular flexibility index (Phi) is 3.30. The second-order valence-corrected chi connectivity index (χ2v) is 4.54. The molecule has 0 radical (unpaired) electrons. The first-order chi connectivity index (χ1) is 7.72. The van der Waals surface area contributed by atoms with Crippen LogP contribution in [0.25, 0.3) is 11.1 Å². The van der Waals surface area contributed by atoms with Crippen molar-refractivity contribution < 1.29 is 4.74 Å². The van der Waals surface area contributed by atoms with Crippen LogP contribution in [0.15, 0.2) is 46.9 Å². The van der Waals surface area contributed by atoms with Crippen LogP contribution in [0.1, 0.15) is 5.56 Å². The van der Waals surface area contributed by atoms with E-state index in [4.69, 9.17) is 4.74 Å². The van der Waals surface area contributed by atoms with Gasteiger partial charge >= 0.3 is 0 Å². The third kappa shape index (κ3) is 2.12. The minimum atomic E-state index is 0.897. The Balaban J connectivity index is 2.62. The van der Waals surface area contributed by atoms with Gasteiger partial charge in [-0.15, -0.1) is 0 Å². The largest absolute Gasteiger partial charge is 0.496 e. The van der Waals surface area contributed by atoms with Gasteiger partial charge in [0.1, 0.15) is 5.75 Å². The zero-order chi connectivity index (χ0) is 11.5. The maximum atomic E-state index is 5.37. The van der Waals surface area contributed by atoms with Gasteiger partial charge < -0.3 is 4.74 Å². The van der Waals surface area contributed by atoms with E-state index in [-0.39, 0.29) is 0 Å². The van der Waals surface area contributed by atoms with Crippen LogP contribution in [-0.2, 0) is 0 Å². The van der Waals surface area contributed by atoms with E-state index in [0.29, 0.717) is 0 Å². The van der Waals surface area contributed by atoms with Crippen LogP contribution in [0.3, 0.4) is 0 Å². The lowest BCUT2D eigenvalue weighted by Crippen LogP contribution is -1.88. The number of hydrogen-bond donors (Lipinski definition) is 0. The number of hydrogen-bond acceptors (Lipinski definition) is 1. The smallest absolute Gasteiger partial charge is 0.126 e. The first-order valence-corrected chi connectivity index (χ1v) is 5.91. The Labute approximate surface area is 104 Å². The lowest BCUT2D eigenvalue weighted by atomic mass is 10.0. The van der Waals surface area contributed by atoms with E-state index in [1.54, 1.807) is 7.11 Å². The average Bonchev–Trinajstić information content (AvgIpc) is 2.32. The van der Waals surface area contributed by atoms with Crippen molar-refractivity contribution in [3.8, 4) is 16.9 Å². The van der Waals surface area contributed by atoms with Crippen molar-refractivity contribution in [3.63, 3.8) is 0 Å². The summed E-state index contributed by atoms with van der Waals surface area (Å²) in [5, 5.41) is 0. The van der Waals surface area contributed by atoms with Crippen LogP contribution < -0.4 is 4.74 Å². The molecule has 0 bridgehead atoms. The molecule has 1 nitrogen and oxygen atoms in total. The van der Waals surface area contributed by atoms with E-state index in [2.05, 4.69) is 47.1 Å². The minimum Gasteiger partial charge on any atom is -0.496 e.